The molecule has 0 atom stereocenters. The molecule has 4 aromatic rings. The van der Waals surface area contributed by atoms with E-state index in [9.17, 15) is 4.79 Å². The van der Waals surface area contributed by atoms with Crippen molar-refractivity contribution < 1.29 is 14.1 Å². The van der Waals surface area contributed by atoms with E-state index >= 15 is 0 Å². The van der Waals surface area contributed by atoms with Gasteiger partial charge in [-0.25, -0.2) is 0 Å². The second-order valence-corrected chi connectivity index (χ2v) is 10.0. The Balaban J connectivity index is 1.52. The Morgan fingerprint density at radius 2 is 1.14 bits per heavy atom. The van der Waals surface area contributed by atoms with Gasteiger partial charge in [0.2, 0.25) is 0 Å². The SMILES string of the molecule is CC1(C)OB(c2cccc(C(=O)c3ccc(-c4ccccc4)c(-c4ccccc4)c3)c2)OC1(C)C. The topological polar surface area (TPSA) is 35.5 Å². The van der Waals surface area contributed by atoms with E-state index in [0.29, 0.717) is 11.1 Å². The molecular formula is C31H29BO3. The number of carbonyl (C=O) groups excluding carboxylic acids is 1. The van der Waals surface area contributed by atoms with Gasteiger partial charge in [-0.05, 0) is 61.5 Å². The van der Waals surface area contributed by atoms with Crippen molar-refractivity contribution in [3.63, 3.8) is 0 Å². The van der Waals surface area contributed by atoms with Gasteiger partial charge in [0.1, 0.15) is 0 Å². The molecule has 5 rings (SSSR count). The van der Waals surface area contributed by atoms with Gasteiger partial charge >= 0.3 is 7.12 Å². The number of rotatable bonds is 5. The number of hydrogen-bond donors (Lipinski definition) is 0. The smallest absolute Gasteiger partial charge is 0.399 e. The van der Waals surface area contributed by atoms with Crippen LogP contribution in [0.2, 0.25) is 0 Å². The van der Waals surface area contributed by atoms with Gasteiger partial charge in [0, 0.05) is 11.1 Å². The molecule has 0 bridgehead atoms. The Hall–Kier alpha value is -3.47. The van der Waals surface area contributed by atoms with Gasteiger partial charge in [-0.15, -0.1) is 0 Å². The van der Waals surface area contributed by atoms with Crippen molar-refractivity contribution >= 4 is 18.4 Å². The predicted octanol–water partition coefficient (Wildman–Crippen LogP) is 6.55. The van der Waals surface area contributed by atoms with Crippen LogP contribution in [0.3, 0.4) is 0 Å². The van der Waals surface area contributed by atoms with Crippen LogP contribution in [0.5, 0.6) is 0 Å². The van der Waals surface area contributed by atoms with Gasteiger partial charge in [0.25, 0.3) is 0 Å². The van der Waals surface area contributed by atoms with E-state index in [0.717, 1.165) is 27.7 Å². The molecule has 0 amide bonds. The molecule has 0 unspecified atom stereocenters. The molecule has 0 aromatic heterocycles. The molecule has 35 heavy (non-hydrogen) atoms. The minimum Gasteiger partial charge on any atom is -0.399 e. The molecule has 1 fully saturated rings. The summed E-state index contributed by atoms with van der Waals surface area (Å²) in [6.07, 6.45) is 0. The van der Waals surface area contributed by atoms with E-state index in [-0.39, 0.29) is 5.78 Å². The van der Waals surface area contributed by atoms with E-state index in [1.54, 1.807) is 0 Å². The molecule has 0 spiro atoms. The molecule has 1 aliphatic rings. The molecule has 174 valence electrons. The highest BCUT2D eigenvalue weighted by molar-refractivity contribution is 6.62. The fourth-order valence-electron chi connectivity index (χ4n) is 4.38. The lowest BCUT2D eigenvalue weighted by Crippen LogP contribution is -2.41. The normalized spacial score (nSPS) is 16.3. The van der Waals surface area contributed by atoms with Crippen molar-refractivity contribution in [3.05, 3.63) is 114 Å². The number of carbonyl (C=O) groups is 1. The van der Waals surface area contributed by atoms with E-state index < -0.39 is 18.3 Å². The van der Waals surface area contributed by atoms with Gasteiger partial charge < -0.3 is 9.31 Å². The Morgan fingerprint density at radius 1 is 0.600 bits per heavy atom. The summed E-state index contributed by atoms with van der Waals surface area (Å²) in [7, 11) is -0.506. The maximum absolute atomic E-state index is 13.6. The maximum Gasteiger partial charge on any atom is 0.494 e. The van der Waals surface area contributed by atoms with Crippen molar-refractivity contribution in [3.8, 4) is 22.3 Å². The minimum atomic E-state index is -0.506. The molecule has 0 saturated carbocycles. The number of ketones is 1. The van der Waals surface area contributed by atoms with Gasteiger partial charge in [-0.1, -0.05) is 97.1 Å². The van der Waals surface area contributed by atoms with E-state index in [2.05, 4.69) is 24.3 Å². The first-order valence-corrected chi connectivity index (χ1v) is 12.0. The molecule has 0 N–H and O–H groups in total. The highest BCUT2D eigenvalue weighted by Crippen LogP contribution is 2.37. The number of benzene rings is 4. The summed E-state index contributed by atoms with van der Waals surface area (Å²) >= 11 is 0. The lowest BCUT2D eigenvalue weighted by atomic mass is 9.78. The zero-order chi connectivity index (χ0) is 24.6. The van der Waals surface area contributed by atoms with Gasteiger partial charge in [0.05, 0.1) is 11.2 Å². The average Bonchev–Trinajstić information content (AvgIpc) is 3.11. The van der Waals surface area contributed by atoms with Crippen LogP contribution in [-0.2, 0) is 9.31 Å². The predicted molar refractivity (Wildman–Crippen MR) is 143 cm³/mol. The molecule has 0 radical (unpaired) electrons. The molecule has 0 aliphatic carbocycles. The number of hydrogen-bond acceptors (Lipinski definition) is 3. The van der Waals surface area contributed by atoms with Gasteiger partial charge in [-0.3, -0.25) is 4.79 Å². The third-order valence-corrected chi connectivity index (χ3v) is 7.13. The highest BCUT2D eigenvalue weighted by Gasteiger charge is 2.51. The second-order valence-electron chi connectivity index (χ2n) is 10.0. The fraction of sp³-hybridized carbons (Fsp3) is 0.194. The van der Waals surface area contributed by atoms with Crippen LogP contribution in [0.4, 0.5) is 0 Å². The van der Waals surface area contributed by atoms with E-state index in [1.807, 2.05) is 107 Å². The van der Waals surface area contributed by atoms with Crippen LogP contribution < -0.4 is 5.46 Å². The van der Waals surface area contributed by atoms with E-state index in [1.165, 1.54) is 0 Å². The lowest BCUT2D eigenvalue weighted by molar-refractivity contribution is 0.00578. The molecular weight excluding hydrogens is 431 g/mol. The van der Waals surface area contributed by atoms with E-state index in [4.69, 9.17) is 9.31 Å². The summed E-state index contributed by atoms with van der Waals surface area (Å²) in [4.78, 5) is 13.6. The summed E-state index contributed by atoms with van der Waals surface area (Å²) in [5.41, 5.74) is 5.56. The fourth-order valence-corrected chi connectivity index (χ4v) is 4.38. The molecule has 1 aliphatic heterocycles. The summed E-state index contributed by atoms with van der Waals surface area (Å²) in [5.74, 6) is -0.0276. The minimum absolute atomic E-state index is 0.0276. The Kier molecular flexibility index (Phi) is 5.96. The van der Waals surface area contributed by atoms with Crippen molar-refractivity contribution in [2.45, 2.75) is 38.9 Å². The summed E-state index contributed by atoms with van der Waals surface area (Å²) in [5, 5.41) is 0. The van der Waals surface area contributed by atoms with Crippen molar-refractivity contribution in [2.75, 3.05) is 0 Å². The molecule has 4 aromatic carbocycles. The second kappa shape index (κ2) is 8.96. The van der Waals surface area contributed by atoms with Crippen molar-refractivity contribution in [2.24, 2.45) is 0 Å². The summed E-state index contributed by atoms with van der Waals surface area (Å²) in [6.45, 7) is 8.12. The maximum atomic E-state index is 13.6. The quantitative estimate of drug-likeness (QED) is 0.250. The van der Waals surface area contributed by atoms with Crippen molar-refractivity contribution in [1.82, 2.24) is 0 Å². The van der Waals surface area contributed by atoms with Crippen LogP contribution in [0.1, 0.15) is 43.6 Å². The Bertz CT molecular complexity index is 1340. The zero-order valence-corrected chi connectivity index (χ0v) is 20.6. The first-order valence-electron chi connectivity index (χ1n) is 12.0. The van der Waals surface area contributed by atoms with Gasteiger partial charge in [0.15, 0.2) is 5.78 Å². The van der Waals surface area contributed by atoms with Crippen molar-refractivity contribution in [1.29, 1.82) is 0 Å². The van der Waals surface area contributed by atoms with Crippen LogP contribution in [0, 0.1) is 0 Å². The Labute approximate surface area is 207 Å². The molecule has 4 heteroatoms. The Morgan fingerprint density at radius 3 is 1.74 bits per heavy atom. The molecule has 1 heterocycles. The monoisotopic (exact) mass is 460 g/mol. The third-order valence-electron chi connectivity index (χ3n) is 7.13. The zero-order valence-electron chi connectivity index (χ0n) is 20.6. The summed E-state index contributed by atoms with van der Waals surface area (Å²) in [6, 6.07) is 34.0. The molecule has 3 nitrogen and oxygen atoms in total. The van der Waals surface area contributed by atoms with Crippen LogP contribution in [0.15, 0.2) is 103 Å². The van der Waals surface area contributed by atoms with Crippen LogP contribution in [0.25, 0.3) is 22.3 Å². The van der Waals surface area contributed by atoms with Crippen LogP contribution >= 0.6 is 0 Å². The average molecular weight is 460 g/mol. The first kappa shape index (κ1) is 23.3. The van der Waals surface area contributed by atoms with Gasteiger partial charge in [-0.2, -0.15) is 0 Å². The first-order chi connectivity index (χ1) is 16.7. The standard InChI is InChI=1S/C31H29BO3/c1-30(2)31(3,4)35-32(34-30)26-17-11-16-24(20-26)29(33)25-18-19-27(22-12-7-5-8-13-22)28(21-25)23-14-9-6-10-15-23/h5-21H,1-4H3. The summed E-state index contributed by atoms with van der Waals surface area (Å²) < 4.78 is 12.4. The molecule has 1 saturated heterocycles. The third kappa shape index (κ3) is 4.48. The highest BCUT2D eigenvalue weighted by atomic mass is 16.7. The lowest BCUT2D eigenvalue weighted by Gasteiger charge is -2.32. The largest absolute Gasteiger partial charge is 0.494 e. The van der Waals surface area contributed by atoms with Crippen LogP contribution in [-0.4, -0.2) is 24.1 Å².